The van der Waals surface area contributed by atoms with Crippen molar-refractivity contribution in [2.75, 3.05) is 0 Å². The fraction of sp³-hybridized carbons (Fsp3) is 0.333. The van der Waals surface area contributed by atoms with Gasteiger partial charge in [-0.3, -0.25) is 0 Å². The van der Waals surface area contributed by atoms with Gasteiger partial charge in [0.25, 0.3) is 0 Å². The fourth-order valence-electron chi connectivity index (χ4n) is 4.27. The van der Waals surface area contributed by atoms with Crippen molar-refractivity contribution in [3.63, 3.8) is 0 Å². The van der Waals surface area contributed by atoms with Crippen molar-refractivity contribution in [2.24, 2.45) is 0 Å². The summed E-state index contributed by atoms with van der Waals surface area (Å²) in [5, 5.41) is 0. The third kappa shape index (κ3) is 5.28. The Labute approximate surface area is 184 Å². The predicted octanol–water partition coefficient (Wildman–Crippen LogP) is 8.89. The van der Waals surface area contributed by atoms with Gasteiger partial charge < -0.3 is 0 Å². The van der Waals surface area contributed by atoms with Crippen molar-refractivity contribution in [1.29, 1.82) is 0 Å². The molecule has 0 unspecified atom stereocenters. The molecular weight excluding hydrogens is 459 g/mol. The fourth-order valence-corrected chi connectivity index (χ4v) is 4.27. The van der Waals surface area contributed by atoms with Gasteiger partial charge >= 0.3 is 6.18 Å². The molecule has 1 saturated carbocycles. The molecule has 33 heavy (non-hydrogen) atoms. The molecule has 9 heteroatoms. The van der Waals surface area contributed by atoms with Crippen molar-refractivity contribution < 1.29 is 39.5 Å². The maximum Gasteiger partial charge on any atom is 0.422 e. The molecular formula is C24H19F9. The van der Waals surface area contributed by atoms with Crippen LogP contribution in [0.4, 0.5) is 39.5 Å². The van der Waals surface area contributed by atoms with Crippen LogP contribution in [0.1, 0.15) is 66.7 Å². The van der Waals surface area contributed by atoms with E-state index in [0.29, 0.717) is 24.3 Å². The van der Waals surface area contributed by atoms with Crippen molar-refractivity contribution in [3.05, 3.63) is 87.8 Å². The van der Waals surface area contributed by atoms with E-state index in [1.165, 1.54) is 13.0 Å². The lowest BCUT2D eigenvalue weighted by Gasteiger charge is -2.30. The molecule has 3 rings (SSSR count). The van der Waals surface area contributed by atoms with Crippen LogP contribution < -0.4 is 0 Å². The summed E-state index contributed by atoms with van der Waals surface area (Å²) in [4.78, 5) is 0. The lowest BCUT2D eigenvalue weighted by atomic mass is 9.75. The van der Waals surface area contributed by atoms with Crippen molar-refractivity contribution in [3.8, 4) is 0 Å². The van der Waals surface area contributed by atoms with Gasteiger partial charge in [0.1, 0.15) is 28.8 Å². The van der Waals surface area contributed by atoms with E-state index in [4.69, 9.17) is 0 Å². The Bertz CT molecular complexity index is 1040. The van der Waals surface area contributed by atoms with Crippen molar-refractivity contribution in [2.45, 2.75) is 50.6 Å². The van der Waals surface area contributed by atoms with Crippen LogP contribution in [0.5, 0.6) is 0 Å². The maximum atomic E-state index is 14.6. The Balaban J connectivity index is 1.80. The minimum Gasteiger partial charge on any atom is -0.207 e. The minimum atomic E-state index is -5.17. The molecule has 2 aromatic carbocycles. The third-order valence-electron chi connectivity index (χ3n) is 5.81. The SMILES string of the molecule is C/C=C/C(F)=C(\F)c1cc(F)c(C2CCC(c3cc(F)c(C(F)(F)F)c(F)c3)CC2)c(F)c1. The molecule has 0 heterocycles. The Hall–Kier alpha value is -2.71. The lowest BCUT2D eigenvalue weighted by molar-refractivity contribution is -0.142. The number of halogens is 9. The summed E-state index contributed by atoms with van der Waals surface area (Å²) < 4.78 is 123. The van der Waals surface area contributed by atoms with Crippen LogP contribution in [0.15, 0.2) is 42.2 Å². The Morgan fingerprint density at radius 1 is 0.788 bits per heavy atom. The molecule has 0 spiro atoms. The molecule has 178 valence electrons. The van der Waals surface area contributed by atoms with E-state index in [1.54, 1.807) is 0 Å². The number of hydrogen-bond donors (Lipinski definition) is 0. The summed E-state index contributed by atoms with van der Waals surface area (Å²) in [5.41, 5.74) is -2.81. The zero-order valence-electron chi connectivity index (χ0n) is 17.3. The number of benzene rings is 2. The Morgan fingerprint density at radius 2 is 1.27 bits per heavy atom. The average molecular weight is 478 g/mol. The second-order valence-electron chi connectivity index (χ2n) is 7.92. The van der Waals surface area contributed by atoms with E-state index in [-0.39, 0.29) is 36.8 Å². The smallest absolute Gasteiger partial charge is 0.207 e. The van der Waals surface area contributed by atoms with Crippen LogP contribution in [-0.2, 0) is 6.18 Å². The highest BCUT2D eigenvalue weighted by molar-refractivity contribution is 5.63. The third-order valence-corrected chi connectivity index (χ3v) is 5.81. The molecule has 0 N–H and O–H groups in total. The molecule has 0 radical (unpaired) electrons. The van der Waals surface area contributed by atoms with Crippen LogP contribution in [0.3, 0.4) is 0 Å². The first-order valence-corrected chi connectivity index (χ1v) is 10.2. The first kappa shape index (κ1) is 24.9. The highest BCUT2D eigenvalue weighted by Crippen LogP contribution is 2.44. The highest BCUT2D eigenvalue weighted by Gasteiger charge is 2.38. The van der Waals surface area contributed by atoms with Gasteiger partial charge in [-0.25, -0.2) is 26.3 Å². The Morgan fingerprint density at radius 3 is 1.73 bits per heavy atom. The van der Waals surface area contributed by atoms with E-state index in [9.17, 15) is 39.5 Å². The monoisotopic (exact) mass is 478 g/mol. The molecule has 0 bridgehead atoms. The zero-order chi connectivity index (χ0) is 24.5. The summed E-state index contributed by atoms with van der Waals surface area (Å²) in [6.45, 7) is 1.45. The lowest BCUT2D eigenvalue weighted by Crippen LogP contribution is -2.17. The van der Waals surface area contributed by atoms with Gasteiger partial charge in [-0.15, -0.1) is 0 Å². The van der Waals surface area contributed by atoms with Crippen LogP contribution in [0.25, 0.3) is 5.83 Å². The standard InChI is InChI=1S/C24H19F9/c1-2-3-16(25)23(30)15-10-17(26)21(18(27)11-15)13-6-4-12(5-7-13)14-8-19(28)22(20(29)9-14)24(31,32)33/h2-3,8-13H,4-7H2,1H3/b3-2+,23-16+. The van der Waals surface area contributed by atoms with Gasteiger partial charge in [0.2, 0.25) is 0 Å². The topological polar surface area (TPSA) is 0 Å². The quantitative estimate of drug-likeness (QED) is 0.304. The number of hydrogen-bond acceptors (Lipinski definition) is 0. The van der Waals surface area contributed by atoms with Gasteiger partial charge in [-0.05, 0) is 80.3 Å². The van der Waals surface area contributed by atoms with Crippen molar-refractivity contribution in [1.82, 2.24) is 0 Å². The van der Waals surface area contributed by atoms with Crippen LogP contribution in [0, 0.1) is 23.3 Å². The molecule has 0 aliphatic heterocycles. The highest BCUT2D eigenvalue weighted by atomic mass is 19.4. The molecule has 1 aliphatic carbocycles. The molecule has 2 aromatic rings. The first-order valence-electron chi connectivity index (χ1n) is 10.2. The summed E-state index contributed by atoms with van der Waals surface area (Å²) in [5.74, 6) is -9.35. The summed E-state index contributed by atoms with van der Waals surface area (Å²) in [6, 6.07) is 2.68. The summed E-state index contributed by atoms with van der Waals surface area (Å²) >= 11 is 0. The largest absolute Gasteiger partial charge is 0.422 e. The van der Waals surface area contributed by atoms with Crippen LogP contribution >= 0.6 is 0 Å². The van der Waals surface area contributed by atoms with Gasteiger partial charge in [-0.2, -0.15) is 13.2 Å². The maximum absolute atomic E-state index is 14.6. The normalized spacial score (nSPS) is 20.3. The second-order valence-corrected chi connectivity index (χ2v) is 7.92. The molecule has 0 nitrogen and oxygen atoms in total. The Kier molecular flexibility index (Phi) is 7.29. The van der Waals surface area contributed by atoms with Gasteiger partial charge in [0, 0.05) is 11.1 Å². The number of alkyl halides is 3. The second kappa shape index (κ2) is 9.65. The first-order chi connectivity index (χ1) is 15.4. The van der Waals surface area contributed by atoms with E-state index < -0.39 is 64.1 Å². The van der Waals surface area contributed by atoms with Gasteiger partial charge in [0.05, 0.1) is 0 Å². The molecule has 0 aromatic heterocycles. The zero-order valence-corrected chi connectivity index (χ0v) is 17.3. The van der Waals surface area contributed by atoms with Crippen molar-refractivity contribution >= 4 is 5.83 Å². The van der Waals surface area contributed by atoms with E-state index in [2.05, 4.69) is 0 Å². The van der Waals surface area contributed by atoms with Gasteiger partial charge in [-0.1, -0.05) is 6.08 Å². The summed E-state index contributed by atoms with van der Waals surface area (Å²) in [7, 11) is 0. The number of allylic oxidation sites excluding steroid dienone is 3. The predicted molar refractivity (Wildman–Crippen MR) is 106 cm³/mol. The molecule has 0 amide bonds. The minimum absolute atomic E-state index is 0.0411. The molecule has 1 fully saturated rings. The molecule has 1 aliphatic rings. The van der Waals surface area contributed by atoms with E-state index in [1.807, 2.05) is 0 Å². The molecule has 0 atom stereocenters. The van der Waals surface area contributed by atoms with E-state index in [0.717, 1.165) is 6.08 Å². The average Bonchev–Trinajstić information content (AvgIpc) is 2.71. The van der Waals surface area contributed by atoms with Gasteiger partial charge in [0.15, 0.2) is 11.7 Å². The van der Waals surface area contributed by atoms with Crippen LogP contribution in [0.2, 0.25) is 0 Å². The molecule has 0 saturated heterocycles. The summed E-state index contributed by atoms with van der Waals surface area (Å²) in [6.07, 6.45) is -2.31. The van der Waals surface area contributed by atoms with Crippen LogP contribution in [-0.4, -0.2) is 0 Å². The number of rotatable bonds is 4. The van der Waals surface area contributed by atoms with E-state index >= 15 is 0 Å².